The molecule has 0 fully saturated rings. The maximum Gasteiger partial charge on any atom is 0.163 e. The third-order valence-corrected chi connectivity index (χ3v) is 3.76. The Kier molecular flexibility index (Phi) is 3.87. The molecule has 0 amide bonds. The summed E-state index contributed by atoms with van der Waals surface area (Å²) in [6.07, 6.45) is 4.04. The van der Waals surface area contributed by atoms with E-state index in [-0.39, 0.29) is 6.61 Å². The second kappa shape index (κ2) is 6.32. The molecule has 8 heteroatoms. The number of rotatable bonds is 4. The number of benzene rings is 1. The Morgan fingerprint density at radius 1 is 1.17 bits per heavy atom. The van der Waals surface area contributed by atoms with Crippen LogP contribution in [0.15, 0.2) is 30.7 Å². The number of hydrogen-bond donors (Lipinski definition) is 2. The lowest BCUT2D eigenvalue weighted by atomic mass is 10.2. The fourth-order valence-corrected chi connectivity index (χ4v) is 2.63. The molecule has 0 atom stereocenters. The van der Waals surface area contributed by atoms with Crippen molar-refractivity contribution >= 4 is 22.5 Å². The van der Waals surface area contributed by atoms with E-state index in [0.29, 0.717) is 31.2 Å². The van der Waals surface area contributed by atoms with Gasteiger partial charge in [0.15, 0.2) is 17.1 Å². The first-order valence-electron chi connectivity index (χ1n) is 7.79. The molecule has 0 unspecified atom stereocenters. The summed E-state index contributed by atoms with van der Waals surface area (Å²) in [7, 11) is 0. The third-order valence-electron chi connectivity index (χ3n) is 3.76. The number of nitrogens with one attached hydrogen (secondary N) is 1. The van der Waals surface area contributed by atoms with Gasteiger partial charge in [-0.05, 0) is 12.1 Å². The van der Waals surface area contributed by atoms with Crippen molar-refractivity contribution in [2.45, 2.75) is 13.0 Å². The highest BCUT2D eigenvalue weighted by Crippen LogP contribution is 2.33. The summed E-state index contributed by atoms with van der Waals surface area (Å²) in [6, 6.07) is 5.70. The van der Waals surface area contributed by atoms with E-state index in [1.165, 1.54) is 6.33 Å². The molecule has 2 aromatic heterocycles. The van der Waals surface area contributed by atoms with Crippen molar-refractivity contribution in [1.82, 2.24) is 19.7 Å². The van der Waals surface area contributed by atoms with E-state index in [9.17, 15) is 0 Å². The number of anilines is 2. The molecule has 0 spiro atoms. The summed E-state index contributed by atoms with van der Waals surface area (Å²) in [4.78, 5) is 8.53. The zero-order chi connectivity index (χ0) is 16.4. The number of hydrogen-bond acceptors (Lipinski definition) is 7. The Morgan fingerprint density at radius 2 is 2.04 bits per heavy atom. The van der Waals surface area contributed by atoms with Crippen LogP contribution in [0.2, 0.25) is 0 Å². The van der Waals surface area contributed by atoms with Gasteiger partial charge in [-0.1, -0.05) is 0 Å². The summed E-state index contributed by atoms with van der Waals surface area (Å²) in [5.41, 5.74) is 1.52. The lowest BCUT2D eigenvalue weighted by Crippen LogP contribution is -2.05. The van der Waals surface area contributed by atoms with E-state index in [1.807, 2.05) is 18.2 Å². The lowest BCUT2D eigenvalue weighted by Gasteiger charge is -2.11. The molecule has 124 valence electrons. The van der Waals surface area contributed by atoms with Crippen LogP contribution in [0.4, 0.5) is 11.5 Å². The number of aliphatic hydroxyl groups is 1. The van der Waals surface area contributed by atoms with Crippen LogP contribution < -0.4 is 14.8 Å². The van der Waals surface area contributed by atoms with E-state index in [1.54, 1.807) is 10.9 Å². The van der Waals surface area contributed by atoms with Gasteiger partial charge < -0.3 is 19.9 Å². The number of ether oxygens (including phenoxy) is 2. The average Bonchev–Trinajstić information content (AvgIpc) is 2.86. The van der Waals surface area contributed by atoms with Gasteiger partial charge in [-0.2, -0.15) is 5.10 Å². The molecular formula is C16H17N5O3. The van der Waals surface area contributed by atoms with Crippen molar-refractivity contribution in [3.05, 3.63) is 30.7 Å². The first-order chi connectivity index (χ1) is 11.8. The van der Waals surface area contributed by atoms with Gasteiger partial charge in [-0.15, -0.1) is 0 Å². The molecule has 4 rings (SSSR count). The highest BCUT2D eigenvalue weighted by molar-refractivity contribution is 5.88. The average molecular weight is 327 g/mol. The first-order valence-corrected chi connectivity index (χ1v) is 7.79. The summed E-state index contributed by atoms with van der Waals surface area (Å²) >= 11 is 0. The molecule has 0 aliphatic carbocycles. The smallest absolute Gasteiger partial charge is 0.163 e. The molecule has 1 aliphatic heterocycles. The van der Waals surface area contributed by atoms with Gasteiger partial charge in [0.05, 0.1) is 37.9 Å². The molecular weight excluding hydrogens is 310 g/mol. The maximum absolute atomic E-state index is 9.09. The van der Waals surface area contributed by atoms with Crippen molar-refractivity contribution < 1.29 is 14.6 Å². The van der Waals surface area contributed by atoms with Gasteiger partial charge >= 0.3 is 0 Å². The lowest BCUT2D eigenvalue weighted by molar-refractivity contribution is 0.271. The minimum atomic E-state index is 0.00566. The fourth-order valence-electron chi connectivity index (χ4n) is 2.63. The van der Waals surface area contributed by atoms with Gasteiger partial charge in [0.2, 0.25) is 0 Å². The summed E-state index contributed by atoms with van der Waals surface area (Å²) < 4.78 is 13.0. The SMILES string of the molecule is OCCn1ncc2c(Nc3ccc4c(c3)OCCCO4)ncnc21. The van der Waals surface area contributed by atoms with Crippen molar-refractivity contribution in [3.63, 3.8) is 0 Å². The van der Waals surface area contributed by atoms with Gasteiger partial charge in [-0.25, -0.2) is 14.6 Å². The van der Waals surface area contributed by atoms with Crippen molar-refractivity contribution in [2.24, 2.45) is 0 Å². The van der Waals surface area contributed by atoms with E-state index >= 15 is 0 Å². The van der Waals surface area contributed by atoms with Gasteiger partial charge in [0, 0.05) is 18.2 Å². The summed E-state index contributed by atoms with van der Waals surface area (Å²) in [5, 5.41) is 17.4. The van der Waals surface area contributed by atoms with Crippen LogP contribution in [0.25, 0.3) is 11.0 Å². The van der Waals surface area contributed by atoms with Crippen LogP contribution in [0, 0.1) is 0 Å². The molecule has 0 bridgehead atoms. The van der Waals surface area contributed by atoms with Crippen LogP contribution in [0.1, 0.15) is 6.42 Å². The standard InChI is InChI=1S/C16H17N5O3/c22-5-4-21-16-12(9-19-21)15(17-10-18-16)20-11-2-3-13-14(8-11)24-7-1-6-23-13/h2-3,8-10,22H,1,4-7H2,(H,17,18,20). The molecule has 24 heavy (non-hydrogen) atoms. The zero-order valence-electron chi connectivity index (χ0n) is 13.0. The monoisotopic (exact) mass is 327 g/mol. The number of aliphatic hydroxyl groups excluding tert-OH is 1. The number of nitrogens with zero attached hydrogens (tertiary/aromatic N) is 4. The fraction of sp³-hybridized carbons (Fsp3) is 0.312. The highest BCUT2D eigenvalue weighted by Gasteiger charge is 2.13. The maximum atomic E-state index is 9.09. The van der Waals surface area contributed by atoms with E-state index < -0.39 is 0 Å². The van der Waals surface area contributed by atoms with Crippen LogP contribution in [-0.2, 0) is 6.54 Å². The van der Waals surface area contributed by atoms with Crippen LogP contribution >= 0.6 is 0 Å². The van der Waals surface area contributed by atoms with Crippen molar-refractivity contribution in [1.29, 1.82) is 0 Å². The normalized spacial score (nSPS) is 13.7. The Hall–Kier alpha value is -2.87. The topological polar surface area (TPSA) is 94.3 Å². The van der Waals surface area contributed by atoms with E-state index in [4.69, 9.17) is 14.6 Å². The zero-order valence-corrected chi connectivity index (χ0v) is 13.0. The second-order valence-corrected chi connectivity index (χ2v) is 5.39. The van der Waals surface area contributed by atoms with Crippen molar-refractivity contribution in [2.75, 3.05) is 25.1 Å². The Morgan fingerprint density at radius 3 is 2.92 bits per heavy atom. The molecule has 3 heterocycles. The molecule has 0 saturated heterocycles. The first kappa shape index (κ1) is 14.7. The molecule has 8 nitrogen and oxygen atoms in total. The second-order valence-electron chi connectivity index (χ2n) is 5.39. The summed E-state index contributed by atoms with van der Waals surface area (Å²) in [5.74, 6) is 2.12. The molecule has 1 aromatic carbocycles. The van der Waals surface area contributed by atoms with Gasteiger partial charge in [-0.3, -0.25) is 0 Å². The Bertz CT molecular complexity index is 864. The van der Waals surface area contributed by atoms with Crippen LogP contribution in [-0.4, -0.2) is 44.7 Å². The molecule has 3 aromatic rings. The molecule has 0 radical (unpaired) electrons. The molecule has 2 N–H and O–H groups in total. The largest absolute Gasteiger partial charge is 0.490 e. The van der Waals surface area contributed by atoms with E-state index in [0.717, 1.165) is 29.0 Å². The minimum absolute atomic E-state index is 0.00566. The van der Waals surface area contributed by atoms with Crippen LogP contribution in [0.5, 0.6) is 11.5 Å². The molecule has 1 aliphatic rings. The van der Waals surface area contributed by atoms with Gasteiger partial charge in [0.1, 0.15) is 12.1 Å². The third kappa shape index (κ3) is 2.71. The number of aromatic nitrogens is 4. The van der Waals surface area contributed by atoms with Gasteiger partial charge in [0.25, 0.3) is 0 Å². The molecule has 0 saturated carbocycles. The predicted octanol–water partition coefficient (Wildman–Crippen LogP) is 1.72. The summed E-state index contributed by atoms with van der Waals surface area (Å²) in [6.45, 7) is 1.70. The quantitative estimate of drug-likeness (QED) is 0.753. The number of fused-ring (bicyclic) bond motifs is 2. The Balaban J connectivity index is 1.66. The Labute approximate surface area is 138 Å². The van der Waals surface area contributed by atoms with Crippen LogP contribution in [0.3, 0.4) is 0 Å². The highest BCUT2D eigenvalue weighted by atomic mass is 16.5. The minimum Gasteiger partial charge on any atom is -0.490 e. The predicted molar refractivity (Wildman–Crippen MR) is 87.7 cm³/mol. The van der Waals surface area contributed by atoms with Crippen molar-refractivity contribution in [3.8, 4) is 11.5 Å². The van der Waals surface area contributed by atoms with E-state index in [2.05, 4.69) is 20.4 Å².